The standard InChI is InChI=1S/C8H4ClN/c9-8(5-6-10)7-3-1-2-4-7/h1-3,5H/b8-5-. The topological polar surface area (TPSA) is 23.8 Å². The Morgan fingerprint density at radius 1 is 1.80 bits per heavy atom. The molecule has 0 radical (unpaired) electrons. The monoisotopic (exact) mass is 149 g/mol. The SMILES string of the molecule is N#C/C=C(\Cl)C1=C=CC=C1. The molecule has 2 heteroatoms. The molecule has 10 heavy (non-hydrogen) atoms. The lowest BCUT2D eigenvalue weighted by Crippen LogP contribution is -1.71. The summed E-state index contributed by atoms with van der Waals surface area (Å²) < 4.78 is 0. The lowest BCUT2D eigenvalue weighted by Gasteiger charge is -1.88. The van der Waals surface area contributed by atoms with Crippen molar-refractivity contribution >= 4 is 11.6 Å². The first-order valence-electron chi connectivity index (χ1n) is 2.73. The van der Waals surface area contributed by atoms with Gasteiger partial charge in [-0.05, 0) is 12.2 Å². The van der Waals surface area contributed by atoms with Crippen molar-refractivity contribution in [3.05, 3.63) is 40.6 Å². The first-order chi connectivity index (χ1) is 4.84. The normalized spacial score (nSPS) is 15.2. The molecule has 0 N–H and O–H groups in total. The van der Waals surface area contributed by atoms with Crippen LogP contribution in [0.3, 0.4) is 0 Å². The molecule has 1 nitrogen and oxygen atoms in total. The summed E-state index contributed by atoms with van der Waals surface area (Å²) in [6.45, 7) is 0. The molecule has 0 aliphatic heterocycles. The minimum atomic E-state index is 0.438. The van der Waals surface area contributed by atoms with E-state index < -0.39 is 0 Å². The highest BCUT2D eigenvalue weighted by molar-refractivity contribution is 6.32. The van der Waals surface area contributed by atoms with Gasteiger partial charge in [0.15, 0.2) is 0 Å². The maximum atomic E-state index is 8.21. The number of nitrogens with zero attached hydrogens (tertiary/aromatic N) is 1. The second-order valence-electron chi connectivity index (χ2n) is 1.71. The molecule has 0 atom stereocenters. The van der Waals surface area contributed by atoms with Crippen LogP contribution in [0.2, 0.25) is 0 Å². The first kappa shape index (κ1) is 6.89. The zero-order valence-electron chi connectivity index (χ0n) is 5.13. The Bertz CT molecular complexity index is 296. The molecule has 0 amide bonds. The molecular weight excluding hydrogens is 146 g/mol. The van der Waals surface area contributed by atoms with Crippen LogP contribution >= 0.6 is 11.6 Å². The van der Waals surface area contributed by atoms with Crippen LogP contribution in [-0.4, -0.2) is 0 Å². The van der Waals surface area contributed by atoms with Crippen LogP contribution in [0.5, 0.6) is 0 Å². The van der Waals surface area contributed by atoms with Gasteiger partial charge in [0.2, 0.25) is 0 Å². The highest BCUT2D eigenvalue weighted by Gasteiger charge is 1.97. The lowest BCUT2D eigenvalue weighted by atomic mass is 10.3. The van der Waals surface area contributed by atoms with E-state index in [0.29, 0.717) is 5.03 Å². The fourth-order valence-electron chi connectivity index (χ4n) is 0.613. The van der Waals surface area contributed by atoms with E-state index >= 15 is 0 Å². The van der Waals surface area contributed by atoms with Gasteiger partial charge in [0.25, 0.3) is 0 Å². The molecule has 0 saturated carbocycles. The van der Waals surface area contributed by atoms with Crippen molar-refractivity contribution in [2.24, 2.45) is 0 Å². The van der Waals surface area contributed by atoms with Gasteiger partial charge in [-0.25, -0.2) is 0 Å². The van der Waals surface area contributed by atoms with Crippen LogP contribution in [-0.2, 0) is 0 Å². The zero-order valence-corrected chi connectivity index (χ0v) is 5.89. The number of halogens is 1. The van der Waals surface area contributed by atoms with Crippen LogP contribution in [0.15, 0.2) is 40.6 Å². The van der Waals surface area contributed by atoms with E-state index in [9.17, 15) is 0 Å². The molecule has 0 saturated heterocycles. The Balaban J connectivity index is 2.89. The predicted molar refractivity (Wildman–Crippen MR) is 40.3 cm³/mol. The van der Waals surface area contributed by atoms with Gasteiger partial charge in [0, 0.05) is 11.6 Å². The average Bonchev–Trinajstić information content (AvgIpc) is 2.38. The van der Waals surface area contributed by atoms with Crippen LogP contribution in [0, 0.1) is 11.3 Å². The second-order valence-corrected chi connectivity index (χ2v) is 2.11. The highest BCUT2D eigenvalue weighted by Crippen LogP contribution is 2.16. The largest absolute Gasteiger partial charge is 0.193 e. The van der Waals surface area contributed by atoms with Crippen molar-refractivity contribution in [3.63, 3.8) is 0 Å². The van der Waals surface area contributed by atoms with Crippen molar-refractivity contribution in [3.8, 4) is 6.07 Å². The summed E-state index contributed by atoms with van der Waals surface area (Å²) in [5.41, 5.74) is 3.64. The van der Waals surface area contributed by atoms with Crippen molar-refractivity contribution in [1.29, 1.82) is 5.26 Å². The van der Waals surface area contributed by atoms with Crippen molar-refractivity contribution in [2.75, 3.05) is 0 Å². The Morgan fingerprint density at radius 3 is 3.10 bits per heavy atom. The number of allylic oxidation sites excluding steroid dienone is 5. The van der Waals surface area contributed by atoms with Gasteiger partial charge in [-0.1, -0.05) is 17.7 Å². The predicted octanol–water partition coefficient (Wildman–Crippen LogP) is 2.28. The number of hydrogen-bond donors (Lipinski definition) is 0. The van der Waals surface area contributed by atoms with Crippen LogP contribution in [0.4, 0.5) is 0 Å². The van der Waals surface area contributed by atoms with E-state index in [2.05, 4.69) is 5.73 Å². The third-order valence-corrected chi connectivity index (χ3v) is 1.36. The van der Waals surface area contributed by atoms with E-state index in [4.69, 9.17) is 16.9 Å². The Morgan fingerprint density at radius 2 is 2.60 bits per heavy atom. The zero-order chi connectivity index (χ0) is 7.40. The van der Waals surface area contributed by atoms with E-state index in [1.165, 1.54) is 6.08 Å². The quantitative estimate of drug-likeness (QED) is 0.415. The summed E-state index contributed by atoms with van der Waals surface area (Å²) in [6, 6.07) is 1.84. The van der Waals surface area contributed by atoms with Gasteiger partial charge in [0.1, 0.15) is 0 Å². The second kappa shape index (κ2) is 3.08. The van der Waals surface area contributed by atoms with Crippen LogP contribution in [0.1, 0.15) is 0 Å². The fraction of sp³-hybridized carbons (Fsp3) is 0. The minimum absolute atomic E-state index is 0.438. The molecule has 0 aromatic heterocycles. The molecule has 1 aliphatic carbocycles. The Labute approximate surface area is 64.2 Å². The van der Waals surface area contributed by atoms with E-state index in [0.717, 1.165) is 5.57 Å². The van der Waals surface area contributed by atoms with Gasteiger partial charge >= 0.3 is 0 Å². The summed E-state index contributed by atoms with van der Waals surface area (Å²) in [7, 11) is 0. The fourth-order valence-corrected chi connectivity index (χ4v) is 0.780. The molecule has 0 fully saturated rings. The molecule has 0 unspecified atom stereocenters. The van der Waals surface area contributed by atoms with Crippen LogP contribution < -0.4 is 0 Å². The number of rotatable bonds is 1. The summed E-state index contributed by atoms with van der Waals surface area (Å²) in [6.07, 6.45) is 6.66. The van der Waals surface area contributed by atoms with Gasteiger partial charge in [0.05, 0.1) is 11.1 Å². The highest BCUT2D eigenvalue weighted by atomic mass is 35.5. The van der Waals surface area contributed by atoms with Gasteiger partial charge < -0.3 is 0 Å². The molecule has 48 valence electrons. The summed E-state index contributed by atoms with van der Waals surface area (Å²) in [5, 5.41) is 8.65. The maximum absolute atomic E-state index is 8.21. The number of nitriles is 1. The summed E-state index contributed by atoms with van der Waals surface area (Å²) in [5.74, 6) is 0. The molecule has 0 spiro atoms. The van der Waals surface area contributed by atoms with Gasteiger partial charge in [-0.3, -0.25) is 0 Å². The third kappa shape index (κ3) is 1.39. The van der Waals surface area contributed by atoms with Crippen molar-refractivity contribution in [1.82, 2.24) is 0 Å². The molecule has 0 bridgehead atoms. The smallest absolute Gasteiger partial charge is 0.0928 e. The summed E-state index contributed by atoms with van der Waals surface area (Å²) in [4.78, 5) is 0. The maximum Gasteiger partial charge on any atom is 0.0928 e. The van der Waals surface area contributed by atoms with Gasteiger partial charge in [-0.15, -0.1) is 5.73 Å². The minimum Gasteiger partial charge on any atom is -0.193 e. The van der Waals surface area contributed by atoms with Gasteiger partial charge in [-0.2, -0.15) is 5.26 Å². The molecule has 0 aromatic rings. The molecule has 1 aliphatic rings. The first-order valence-corrected chi connectivity index (χ1v) is 3.11. The Kier molecular flexibility index (Phi) is 2.12. The molecular formula is C8H4ClN. The number of hydrogen-bond acceptors (Lipinski definition) is 1. The lowest BCUT2D eigenvalue weighted by molar-refractivity contribution is 1.53. The molecule has 0 aromatic carbocycles. The van der Waals surface area contributed by atoms with E-state index in [-0.39, 0.29) is 0 Å². The van der Waals surface area contributed by atoms with E-state index in [1.807, 2.05) is 12.1 Å². The van der Waals surface area contributed by atoms with Crippen molar-refractivity contribution < 1.29 is 0 Å². The van der Waals surface area contributed by atoms with Crippen LogP contribution in [0.25, 0.3) is 0 Å². The third-order valence-electron chi connectivity index (χ3n) is 1.05. The average molecular weight is 150 g/mol. The van der Waals surface area contributed by atoms with E-state index in [1.54, 1.807) is 12.2 Å². The molecule has 0 heterocycles. The summed E-state index contributed by atoms with van der Waals surface area (Å²) >= 11 is 5.66. The Hall–Kier alpha value is -1.22. The molecule has 1 rings (SSSR count). The van der Waals surface area contributed by atoms with Crippen molar-refractivity contribution in [2.45, 2.75) is 0 Å².